The minimum absolute atomic E-state index is 0.0506. The lowest BCUT2D eigenvalue weighted by atomic mass is 10.0. The highest BCUT2D eigenvalue weighted by Gasteiger charge is 2.37. The van der Waals surface area contributed by atoms with Crippen molar-refractivity contribution in [1.29, 1.82) is 0 Å². The highest BCUT2D eigenvalue weighted by Crippen LogP contribution is 2.37. The van der Waals surface area contributed by atoms with E-state index in [9.17, 15) is 4.79 Å². The fraction of sp³-hybridized carbons (Fsp3) is 0.318. The molecular weight excluding hydrogens is 382 g/mol. The number of carbonyl (C=O) groups excluding carboxylic acids is 1. The number of benzene rings is 2. The van der Waals surface area contributed by atoms with Crippen molar-refractivity contribution in [2.45, 2.75) is 50.6 Å². The maximum atomic E-state index is 13.3. The molecular formula is C22H25N5OS. The number of anilines is 1. The lowest BCUT2D eigenvalue weighted by Crippen LogP contribution is -2.41. The van der Waals surface area contributed by atoms with E-state index >= 15 is 0 Å². The van der Waals surface area contributed by atoms with Gasteiger partial charge in [0.1, 0.15) is 5.25 Å². The molecule has 3 aromatic rings. The van der Waals surface area contributed by atoms with Gasteiger partial charge in [0.2, 0.25) is 11.1 Å². The van der Waals surface area contributed by atoms with Crippen molar-refractivity contribution in [1.82, 2.24) is 14.9 Å². The molecule has 2 atom stereocenters. The standard InChI is InChI=1S/C22H25N5OS/c1-5-18-24-25-22-27(18)26-19(16-8-6-13(2)7-9-16)20(29-22)21(28)23-17-11-14(3)10-15(4)12-17/h6-12,19-20,26H,5H2,1-4H3,(H,23,28)/t19-,20+/m1/s1. The zero-order valence-corrected chi connectivity index (χ0v) is 17.9. The monoisotopic (exact) mass is 407 g/mol. The Hall–Kier alpha value is -2.80. The van der Waals surface area contributed by atoms with Gasteiger partial charge in [-0.15, -0.1) is 10.2 Å². The van der Waals surface area contributed by atoms with Crippen LogP contribution in [0.4, 0.5) is 5.69 Å². The predicted octanol–water partition coefficient (Wildman–Crippen LogP) is 4.16. The van der Waals surface area contributed by atoms with Gasteiger partial charge in [-0.25, -0.2) is 4.68 Å². The van der Waals surface area contributed by atoms with Crippen molar-refractivity contribution in [3.05, 3.63) is 70.5 Å². The van der Waals surface area contributed by atoms with Crippen molar-refractivity contribution >= 4 is 23.4 Å². The van der Waals surface area contributed by atoms with Crippen molar-refractivity contribution in [3.63, 3.8) is 0 Å². The molecule has 0 aliphatic carbocycles. The number of aromatic nitrogens is 3. The number of thioether (sulfide) groups is 1. The van der Waals surface area contributed by atoms with Gasteiger partial charge in [0, 0.05) is 12.1 Å². The van der Waals surface area contributed by atoms with Crippen molar-refractivity contribution in [2.24, 2.45) is 0 Å². The summed E-state index contributed by atoms with van der Waals surface area (Å²) in [6.45, 7) is 8.17. The van der Waals surface area contributed by atoms with Crippen molar-refractivity contribution < 1.29 is 4.79 Å². The molecule has 0 unspecified atom stereocenters. The molecule has 29 heavy (non-hydrogen) atoms. The third-order valence-electron chi connectivity index (χ3n) is 5.00. The summed E-state index contributed by atoms with van der Waals surface area (Å²) in [6, 6.07) is 14.2. The van der Waals surface area contributed by atoms with Gasteiger partial charge >= 0.3 is 0 Å². The molecule has 0 saturated heterocycles. The van der Waals surface area contributed by atoms with E-state index in [0.29, 0.717) is 5.16 Å². The van der Waals surface area contributed by atoms with Crippen LogP contribution in [0.15, 0.2) is 47.6 Å². The number of fused-ring (bicyclic) bond motifs is 1. The van der Waals surface area contributed by atoms with Gasteiger partial charge in [-0.2, -0.15) is 0 Å². The zero-order chi connectivity index (χ0) is 20.5. The van der Waals surface area contributed by atoms with Gasteiger partial charge in [0.05, 0.1) is 6.04 Å². The molecule has 1 amide bonds. The topological polar surface area (TPSA) is 71.8 Å². The van der Waals surface area contributed by atoms with E-state index in [-0.39, 0.29) is 17.2 Å². The number of aryl methyl sites for hydroxylation is 4. The van der Waals surface area contributed by atoms with Gasteiger partial charge in [0.25, 0.3) is 0 Å². The van der Waals surface area contributed by atoms with Crippen LogP contribution < -0.4 is 10.7 Å². The minimum Gasteiger partial charge on any atom is -0.325 e. The largest absolute Gasteiger partial charge is 0.325 e. The minimum atomic E-state index is -0.375. The third kappa shape index (κ3) is 4.00. The first-order valence-corrected chi connectivity index (χ1v) is 10.7. The van der Waals surface area contributed by atoms with Crippen LogP contribution in [0.1, 0.15) is 41.0 Å². The summed E-state index contributed by atoms with van der Waals surface area (Å²) in [5, 5.41) is 12.0. The van der Waals surface area contributed by atoms with Crippen LogP contribution >= 0.6 is 11.8 Å². The molecule has 1 aliphatic rings. The molecule has 1 aromatic heterocycles. The maximum absolute atomic E-state index is 13.3. The van der Waals surface area contributed by atoms with E-state index < -0.39 is 0 Å². The van der Waals surface area contributed by atoms with Crippen LogP contribution in [0.2, 0.25) is 0 Å². The molecule has 7 heteroatoms. The predicted molar refractivity (Wildman–Crippen MR) is 117 cm³/mol. The Labute approximate surface area is 175 Å². The summed E-state index contributed by atoms with van der Waals surface area (Å²) in [5.74, 6) is 0.808. The average Bonchev–Trinajstić information content (AvgIpc) is 3.09. The van der Waals surface area contributed by atoms with Crippen LogP contribution in [-0.4, -0.2) is 26.0 Å². The van der Waals surface area contributed by atoms with Gasteiger partial charge < -0.3 is 10.7 Å². The molecule has 2 aromatic carbocycles. The lowest BCUT2D eigenvalue weighted by molar-refractivity contribution is -0.116. The average molecular weight is 408 g/mol. The molecule has 2 heterocycles. The van der Waals surface area contributed by atoms with Gasteiger partial charge in [-0.05, 0) is 49.6 Å². The van der Waals surface area contributed by atoms with E-state index in [1.54, 1.807) is 0 Å². The molecule has 0 saturated carbocycles. The smallest absolute Gasteiger partial charge is 0.240 e. The second-order valence-corrected chi connectivity index (χ2v) is 8.62. The highest BCUT2D eigenvalue weighted by molar-refractivity contribution is 8.00. The van der Waals surface area contributed by atoms with Gasteiger partial charge in [-0.3, -0.25) is 4.79 Å². The summed E-state index contributed by atoms with van der Waals surface area (Å²) in [4.78, 5) is 13.3. The number of nitrogens with one attached hydrogen (secondary N) is 2. The molecule has 2 N–H and O–H groups in total. The number of carbonyl (C=O) groups is 1. The Morgan fingerprint density at radius 2 is 1.76 bits per heavy atom. The lowest BCUT2D eigenvalue weighted by Gasteiger charge is -2.33. The Balaban J connectivity index is 1.67. The summed E-state index contributed by atoms with van der Waals surface area (Å²) in [5.41, 5.74) is 8.79. The number of rotatable bonds is 4. The second-order valence-electron chi connectivity index (χ2n) is 7.51. The van der Waals surface area contributed by atoms with Crippen LogP contribution in [0.3, 0.4) is 0 Å². The van der Waals surface area contributed by atoms with Gasteiger partial charge in [0.15, 0.2) is 5.82 Å². The first-order chi connectivity index (χ1) is 13.9. The second kappa shape index (κ2) is 7.91. The third-order valence-corrected chi connectivity index (χ3v) is 6.22. The molecule has 6 nitrogen and oxygen atoms in total. The molecule has 4 rings (SSSR count). The van der Waals surface area contributed by atoms with E-state index in [1.807, 2.05) is 37.6 Å². The Morgan fingerprint density at radius 1 is 1.07 bits per heavy atom. The van der Waals surface area contributed by atoms with Crippen LogP contribution in [0.25, 0.3) is 0 Å². The molecule has 0 fully saturated rings. The van der Waals surface area contributed by atoms with Crippen molar-refractivity contribution in [2.75, 3.05) is 10.7 Å². The fourth-order valence-electron chi connectivity index (χ4n) is 3.61. The van der Waals surface area contributed by atoms with E-state index in [0.717, 1.165) is 34.6 Å². The van der Waals surface area contributed by atoms with Crippen LogP contribution in [0.5, 0.6) is 0 Å². The van der Waals surface area contributed by atoms with Crippen LogP contribution in [0, 0.1) is 20.8 Å². The fourth-order valence-corrected chi connectivity index (χ4v) is 4.71. The Kier molecular flexibility index (Phi) is 5.32. The van der Waals surface area contributed by atoms with E-state index in [1.165, 1.54) is 17.3 Å². The normalized spacial score (nSPS) is 18.1. The van der Waals surface area contributed by atoms with Crippen LogP contribution in [-0.2, 0) is 11.2 Å². The van der Waals surface area contributed by atoms with E-state index in [4.69, 9.17) is 0 Å². The molecule has 0 bridgehead atoms. The Morgan fingerprint density at radius 3 is 2.41 bits per heavy atom. The number of hydrogen-bond donors (Lipinski definition) is 2. The summed E-state index contributed by atoms with van der Waals surface area (Å²) in [7, 11) is 0. The number of nitrogens with zero attached hydrogens (tertiary/aromatic N) is 3. The molecule has 150 valence electrons. The quantitative estimate of drug-likeness (QED) is 0.679. The molecule has 1 aliphatic heterocycles. The summed E-state index contributed by atoms with van der Waals surface area (Å²) < 4.78 is 1.91. The summed E-state index contributed by atoms with van der Waals surface area (Å²) in [6.07, 6.45) is 0.764. The van der Waals surface area contributed by atoms with Gasteiger partial charge in [-0.1, -0.05) is 54.6 Å². The number of hydrogen-bond acceptors (Lipinski definition) is 5. The molecule has 0 radical (unpaired) electrons. The first kappa shape index (κ1) is 19.5. The van der Waals surface area contributed by atoms with Crippen molar-refractivity contribution in [3.8, 4) is 0 Å². The Bertz CT molecular complexity index is 1020. The number of amides is 1. The molecule has 0 spiro atoms. The maximum Gasteiger partial charge on any atom is 0.240 e. The highest BCUT2D eigenvalue weighted by atomic mass is 32.2. The SMILES string of the molecule is CCc1nnc2n1N[C@H](c1ccc(C)cc1)[C@@H](C(=O)Nc1cc(C)cc(C)c1)S2. The summed E-state index contributed by atoms with van der Waals surface area (Å²) >= 11 is 1.45. The zero-order valence-electron chi connectivity index (χ0n) is 17.1. The van der Waals surface area contributed by atoms with E-state index in [2.05, 4.69) is 58.2 Å². The first-order valence-electron chi connectivity index (χ1n) is 9.78.